The molecule has 128 valence electrons. The zero-order valence-electron chi connectivity index (χ0n) is 14.1. The molecule has 0 bridgehead atoms. The minimum atomic E-state index is -0.672. The first-order valence-corrected chi connectivity index (χ1v) is 7.63. The van der Waals surface area contributed by atoms with Crippen molar-refractivity contribution in [2.24, 2.45) is 0 Å². The molecule has 0 amide bonds. The second-order valence-corrected chi connectivity index (χ2v) is 5.45. The van der Waals surface area contributed by atoms with Gasteiger partial charge in [0.15, 0.2) is 6.29 Å². The molecule has 8 heteroatoms. The van der Waals surface area contributed by atoms with Crippen molar-refractivity contribution in [3.63, 3.8) is 0 Å². The fourth-order valence-corrected chi connectivity index (χ4v) is 2.89. The summed E-state index contributed by atoms with van der Waals surface area (Å²) in [5.41, 5.74) is 2.52. The molecule has 0 radical (unpaired) electrons. The number of aldehydes is 1. The summed E-state index contributed by atoms with van der Waals surface area (Å²) in [6.07, 6.45) is 1.71. The van der Waals surface area contributed by atoms with Crippen LogP contribution in [0.3, 0.4) is 0 Å². The molecule has 1 aliphatic heterocycles. The van der Waals surface area contributed by atoms with E-state index in [0.29, 0.717) is 35.7 Å². The third-order valence-corrected chi connectivity index (χ3v) is 4.12. The molecule has 0 fully saturated rings. The van der Waals surface area contributed by atoms with Gasteiger partial charge in [-0.15, -0.1) is 0 Å². The normalized spacial score (nSPS) is 12.8. The third-order valence-electron chi connectivity index (χ3n) is 4.12. The molecule has 1 heterocycles. The lowest BCUT2D eigenvalue weighted by Gasteiger charge is -2.33. The Morgan fingerprint density at radius 3 is 2.54 bits per heavy atom. The number of hydrogen-bond donors (Lipinski definition) is 1. The van der Waals surface area contributed by atoms with Crippen LogP contribution >= 0.6 is 0 Å². The summed E-state index contributed by atoms with van der Waals surface area (Å²) in [7, 11) is 1.68. The van der Waals surface area contributed by atoms with Crippen LogP contribution < -0.4 is 15.1 Å². The lowest BCUT2D eigenvalue weighted by atomic mass is 10.0. The largest absolute Gasteiger partial charge is 0.370 e. The smallest absolute Gasteiger partial charge is 0.276 e. The number of fused-ring (bicyclic) bond motifs is 1. The number of hydrogen-bond acceptors (Lipinski definition) is 7. The Hall–Kier alpha value is -2.90. The zero-order chi connectivity index (χ0) is 18.0. The van der Waals surface area contributed by atoms with Crippen LogP contribution in [0.1, 0.15) is 19.4 Å². The number of benzene rings is 1. The van der Waals surface area contributed by atoms with Gasteiger partial charge < -0.3 is 15.1 Å². The Morgan fingerprint density at radius 1 is 1.42 bits per heavy atom. The van der Waals surface area contributed by atoms with E-state index in [9.17, 15) is 19.7 Å². The SMILES string of the molecule is CCN(CC)c1c(C)c([N+](=O)[O-])cc2c1NC(C(=O)C=O)=CN2C. The van der Waals surface area contributed by atoms with Crippen molar-refractivity contribution in [1.82, 2.24) is 0 Å². The highest BCUT2D eigenvalue weighted by Crippen LogP contribution is 2.45. The predicted octanol–water partition coefficient (Wildman–Crippen LogP) is 2.22. The monoisotopic (exact) mass is 332 g/mol. The maximum atomic E-state index is 11.8. The maximum Gasteiger partial charge on any atom is 0.276 e. The van der Waals surface area contributed by atoms with Crippen molar-refractivity contribution in [3.05, 3.63) is 33.6 Å². The molecule has 0 atom stereocenters. The van der Waals surface area contributed by atoms with Crippen LogP contribution in [0.15, 0.2) is 18.0 Å². The van der Waals surface area contributed by atoms with E-state index in [0.717, 1.165) is 0 Å². The molecule has 0 saturated heterocycles. The zero-order valence-corrected chi connectivity index (χ0v) is 14.1. The first kappa shape index (κ1) is 17.5. The van der Waals surface area contributed by atoms with Gasteiger partial charge in [-0.25, -0.2) is 0 Å². The molecule has 24 heavy (non-hydrogen) atoms. The van der Waals surface area contributed by atoms with Crippen LogP contribution in [0.4, 0.5) is 22.7 Å². The topological polar surface area (TPSA) is 95.8 Å². The second-order valence-electron chi connectivity index (χ2n) is 5.45. The molecule has 1 aromatic carbocycles. The first-order chi connectivity index (χ1) is 11.3. The lowest BCUT2D eigenvalue weighted by Crippen LogP contribution is -2.29. The van der Waals surface area contributed by atoms with Crippen molar-refractivity contribution < 1.29 is 14.5 Å². The van der Waals surface area contributed by atoms with Crippen LogP contribution in [0.25, 0.3) is 0 Å². The maximum absolute atomic E-state index is 11.8. The standard InChI is InChI=1S/C16H20N4O4/c1-5-19(6-2)16-10(3)12(20(23)24)7-13-15(16)17-11(8-18(13)4)14(22)9-21/h7-9,17H,5-6H2,1-4H3. The predicted molar refractivity (Wildman–Crippen MR) is 92.6 cm³/mol. The minimum absolute atomic E-state index is 0.0165. The summed E-state index contributed by atoms with van der Waals surface area (Å²) in [6, 6.07) is 1.48. The molecule has 1 aliphatic rings. The molecule has 0 aliphatic carbocycles. The molecule has 8 nitrogen and oxygen atoms in total. The molecule has 0 spiro atoms. The van der Waals surface area contributed by atoms with Crippen LogP contribution in [0, 0.1) is 17.0 Å². The molecule has 0 unspecified atom stereocenters. The number of carbonyl (C=O) groups is 2. The quantitative estimate of drug-likeness (QED) is 0.369. The highest BCUT2D eigenvalue weighted by atomic mass is 16.6. The lowest BCUT2D eigenvalue weighted by molar-refractivity contribution is -0.385. The fourth-order valence-electron chi connectivity index (χ4n) is 2.89. The van der Waals surface area contributed by atoms with E-state index < -0.39 is 10.7 Å². The molecule has 2 rings (SSSR count). The fraction of sp³-hybridized carbons (Fsp3) is 0.375. The highest BCUT2D eigenvalue weighted by Gasteiger charge is 2.29. The third kappa shape index (κ3) is 2.82. The average molecular weight is 332 g/mol. The summed E-state index contributed by atoms with van der Waals surface area (Å²) >= 11 is 0. The van der Waals surface area contributed by atoms with Gasteiger partial charge in [0.25, 0.3) is 5.69 Å². The van der Waals surface area contributed by atoms with Gasteiger partial charge in [0.1, 0.15) is 5.70 Å². The average Bonchev–Trinajstić information content (AvgIpc) is 2.56. The van der Waals surface area contributed by atoms with E-state index in [2.05, 4.69) is 5.32 Å². The molecule has 1 N–H and O–H groups in total. The van der Waals surface area contributed by atoms with Gasteiger partial charge in [0.2, 0.25) is 5.78 Å². The van der Waals surface area contributed by atoms with E-state index in [1.807, 2.05) is 18.7 Å². The van der Waals surface area contributed by atoms with Crippen molar-refractivity contribution >= 4 is 34.8 Å². The molecule has 1 aromatic rings. The summed E-state index contributed by atoms with van der Waals surface area (Å²) in [6.45, 7) is 6.89. The number of anilines is 3. The van der Waals surface area contributed by atoms with Gasteiger partial charge in [-0.05, 0) is 20.8 Å². The number of rotatable bonds is 6. The highest BCUT2D eigenvalue weighted by molar-refractivity contribution is 6.34. The number of nitrogens with zero attached hydrogens (tertiary/aromatic N) is 3. The van der Waals surface area contributed by atoms with Crippen LogP contribution in [-0.4, -0.2) is 37.1 Å². The summed E-state index contributed by atoms with van der Waals surface area (Å²) < 4.78 is 0. The Kier molecular flexibility index (Phi) is 4.87. The van der Waals surface area contributed by atoms with Crippen LogP contribution in [-0.2, 0) is 9.59 Å². The number of nitrogens with one attached hydrogen (secondary N) is 1. The Balaban J connectivity index is 2.74. The number of carbonyl (C=O) groups excluding carboxylic acids is 2. The molecular weight excluding hydrogens is 312 g/mol. The van der Waals surface area contributed by atoms with Gasteiger partial charge in [0, 0.05) is 32.4 Å². The van der Waals surface area contributed by atoms with Gasteiger partial charge in [-0.2, -0.15) is 0 Å². The summed E-state index contributed by atoms with van der Waals surface area (Å²) in [4.78, 5) is 37.2. The number of ketones is 1. The van der Waals surface area contributed by atoms with E-state index in [1.165, 1.54) is 12.3 Å². The summed E-state index contributed by atoms with van der Waals surface area (Å²) in [5, 5.41) is 14.4. The van der Waals surface area contributed by atoms with Crippen molar-refractivity contribution in [3.8, 4) is 0 Å². The summed E-state index contributed by atoms with van der Waals surface area (Å²) in [5.74, 6) is -0.672. The van der Waals surface area contributed by atoms with E-state index in [1.54, 1.807) is 18.9 Å². The Morgan fingerprint density at radius 2 is 2.04 bits per heavy atom. The molecule has 0 saturated carbocycles. The number of Topliss-reactive ketones (excluding diaryl/α,β-unsaturated/α-hetero) is 1. The van der Waals surface area contributed by atoms with Gasteiger partial charge in [-0.1, -0.05) is 0 Å². The van der Waals surface area contributed by atoms with Crippen molar-refractivity contribution in [1.29, 1.82) is 0 Å². The Bertz CT molecular complexity index is 738. The van der Waals surface area contributed by atoms with Gasteiger partial charge in [-0.3, -0.25) is 19.7 Å². The minimum Gasteiger partial charge on any atom is -0.370 e. The number of nitro groups is 1. The van der Waals surface area contributed by atoms with Crippen molar-refractivity contribution in [2.75, 3.05) is 35.3 Å². The Labute approximate surface area is 139 Å². The van der Waals surface area contributed by atoms with E-state index in [-0.39, 0.29) is 17.7 Å². The molecule has 0 aromatic heterocycles. The van der Waals surface area contributed by atoms with Crippen LogP contribution in [0.2, 0.25) is 0 Å². The van der Waals surface area contributed by atoms with E-state index >= 15 is 0 Å². The number of nitro benzene ring substituents is 1. The second kappa shape index (κ2) is 6.69. The molecular formula is C16H20N4O4. The van der Waals surface area contributed by atoms with Gasteiger partial charge in [0.05, 0.1) is 27.5 Å². The van der Waals surface area contributed by atoms with Crippen LogP contribution in [0.5, 0.6) is 0 Å². The van der Waals surface area contributed by atoms with Crippen molar-refractivity contribution in [2.45, 2.75) is 20.8 Å². The number of allylic oxidation sites excluding steroid dienone is 1. The van der Waals surface area contributed by atoms with E-state index in [4.69, 9.17) is 0 Å². The van der Waals surface area contributed by atoms with Gasteiger partial charge >= 0.3 is 0 Å². The first-order valence-electron chi connectivity index (χ1n) is 7.63.